The maximum absolute atomic E-state index is 6.54. The molecule has 47 heavy (non-hydrogen) atoms. The third-order valence-corrected chi connectivity index (χ3v) is 8.69. The molecule has 0 aliphatic carbocycles. The summed E-state index contributed by atoms with van der Waals surface area (Å²) in [6.07, 6.45) is 3.79. The minimum Gasteiger partial charge on any atom is -0.487 e. The van der Waals surface area contributed by atoms with Gasteiger partial charge in [0.05, 0.1) is 5.58 Å². The average Bonchev–Trinajstić information content (AvgIpc) is 3.45. The number of furan rings is 1. The van der Waals surface area contributed by atoms with Crippen molar-refractivity contribution in [3.05, 3.63) is 149 Å². The minimum absolute atomic E-state index is 0. The van der Waals surface area contributed by atoms with E-state index in [0.717, 1.165) is 61.7 Å². The second-order valence-corrected chi connectivity index (χ2v) is 11.9. The molecule has 0 saturated carbocycles. The molecule has 0 unspecified atom stereocenters. The number of aromatic nitrogens is 2. The number of aryl methyl sites for hydroxylation is 5. The molecule has 1 aliphatic rings. The summed E-state index contributed by atoms with van der Waals surface area (Å²) in [6, 6.07) is 39.2. The predicted octanol–water partition coefficient (Wildman–Crippen LogP) is 8.01. The van der Waals surface area contributed by atoms with Gasteiger partial charge in [-0.15, -0.1) is 53.6 Å². The van der Waals surface area contributed by atoms with E-state index in [1.165, 1.54) is 27.7 Å². The molecule has 1 radical (unpaired) electrons. The zero-order valence-corrected chi connectivity index (χ0v) is 29.4. The van der Waals surface area contributed by atoms with E-state index in [9.17, 15) is 0 Å². The van der Waals surface area contributed by atoms with Gasteiger partial charge in [0.15, 0.2) is 0 Å². The summed E-state index contributed by atoms with van der Waals surface area (Å²) in [7, 11) is 0. The quantitative estimate of drug-likeness (QED) is 0.135. The van der Waals surface area contributed by atoms with Gasteiger partial charge in [0, 0.05) is 32.5 Å². The number of nitrogens with zero attached hydrogens (tertiary/aromatic N) is 2. The first-order valence-corrected chi connectivity index (χ1v) is 15.5. The average molecular weight is 789 g/mol. The summed E-state index contributed by atoms with van der Waals surface area (Å²) >= 11 is 0. The summed E-state index contributed by atoms with van der Waals surface area (Å²) < 4.78 is 13.0. The smallest absolute Gasteiger partial charge is 0.296 e. The Kier molecular flexibility index (Phi) is 9.27. The molecular formula is C41H33BIrN2O2-2. The molecule has 7 aromatic rings. The first-order chi connectivity index (χ1) is 22.4. The van der Waals surface area contributed by atoms with Gasteiger partial charge in [0.25, 0.3) is 6.71 Å². The second kappa shape index (κ2) is 13.5. The van der Waals surface area contributed by atoms with E-state index in [1.54, 1.807) is 0 Å². The zero-order chi connectivity index (χ0) is 31.8. The summed E-state index contributed by atoms with van der Waals surface area (Å²) in [4.78, 5) is 9.03. The molecule has 4 nitrogen and oxygen atoms in total. The first kappa shape index (κ1) is 32.2. The van der Waals surface area contributed by atoms with Crippen LogP contribution in [0.2, 0.25) is 0 Å². The number of pyridine rings is 2. The van der Waals surface area contributed by atoms with E-state index >= 15 is 0 Å². The van der Waals surface area contributed by atoms with Gasteiger partial charge in [-0.1, -0.05) is 82.8 Å². The molecule has 0 fully saturated rings. The molecule has 3 aromatic heterocycles. The molecule has 4 aromatic carbocycles. The van der Waals surface area contributed by atoms with Gasteiger partial charge in [-0.3, -0.25) is 0 Å². The normalized spacial score (nSPS) is 11.5. The molecule has 233 valence electrons. The van der Waals surface area contributed by atoms with Crippen LogP contribution in [0, 0.1) is 46.8 Å². The number of benzene rings is 4. The summed E-state index contributed by atoms with van der Waals surface area (Å²) in [5, 5.41) is 0.921. The maximum atomic E-state index is 6.54. The molecule has 1 aliphatic heterocycles. The number of rotatable bonds is 3. The number of para-hydroxylation sites is 1. The van der Waals surface area contributed by atoms with Crippen molar-refractivity contribution in [2.24, 2.45) is 0 Å². The number of hydrogen-bond donors (Lipinski definition) is 0. The van der Waals surface area contributed by atoms with Crippen LogP contribution in [-0.4, -0.2) is 16.7 Å². The largest absolute Gasteiger partial charge is 0.487 e. The van der Waals surface area contributed by atoms with Gasteiger partial charge in [-0.25, -0.2) is 0 Å². The molecule has 0 amide bonds. The molecule has 6 heteroatoms. The van der Waals surface area contributed by atoms with Crippen LogP contribution in [0.1, 0.15) is 27.8 Å². The Bertz CT molecular complexity index is 2170. The molecule has 4 heterocycles. The van der Waals surface area contributed by atoms with Gasteiger partial charge in [0.2, 0.25) is 0 Å². The first-order valence-electron chi connectivity index (χ1n) is 15.5. The molecule has 0 bridgehead atoms. The van der Waals surface area contributed by atoms with E-state index in [1.807, 2.05) is 73.9 Å². The summed E-state index contributed by atoms with van der Waals surface area (Å²) in [5.74, 6) is 1.63. The fourth-order valence-corrected chi connectivity index (χ4v) is 6.14. The van der Waals surface area contributed by atoms with Crippen molar-refractivity contribution in [1.82, 2.24) is 9.97 Å². The topological polar surface area (TPSA) is 48.2 Å². The van der Waals surface area contributed by atoms with Gasteiger partial charge in [0.1, 0.15) is 17.2 Å². The monoisotopic (exact) mass is 789 g/mol. The van der Waals surface area contributed by atoms with E-state index in [-0.39, 0.29) is 26.8 Å². The third kappa shape index (κ3) is 6.19. The van der Waals surface area contributed by atoms with Gasteiger partial charge < -0.3 is 19.1 Å². The Morgan fingerprint density at radius 3 is 2.15 bits per heavy atom. The minimum atomic E-state index is -0.0395. The van der Waals surface area contributed by atoms with Crippen LogP contribution in [0.3, 0.4) is 0 Å². The molecular weight excluding hydrogens is 755 g/mol. The van der Waals surface area contributed by atoms with Crippen molar-refractivity contribution in [2.45, 2.75) is 34.6 Å². The van der Waals surface area contributed by atoms with Crippen LogP contribution in [0.25, 0.3) is 33.5 Å². The Hall–Kier alpha value is -4.77. The second-order valence-electron chi connectivity index (χ2n) is 11.9. The van der Waals surface area contributed by atoms with Crippen molar-refractivity contribution < 1.29 is 29.3 Å². The SMILES string of the molecule is Cc1ccc(-c2[c-]ccc3oc4c(c23)Oc2ccccc2B4c2c(C)cccc2C)nc1.Cc1cnc(-c2[c-]cccc2)cc1C.[Ir]. The number of hydrogen-bond acceptors (Lipinski definition) is 4. The predicted molar refractivity (Wildman–Crippen MR) is 188 cm³/mol. The van der Waals surface area contributed by atoms with E-state index in [4.69, 9.17) is 9.15 Å². The number of ether oxygens (including phenoxy) is 1. The Balaban J connectivity index is 0.000000217. The Morgan fingerprint density at radius 1 is 0.660 bits per heavy atom. The Morgan fingerprint density at radius 2 is 1.43 bits per heavy atom. The molecule has 0 atom stereocenters. The third-order valence-electron chi connectivity index (χ3n) is 8.69. The number of fused-ring (bicyclic) bond motifs is 4. The van der Waals surface area contributed by atoms with Crippen LogP contribution < -0.4 is 21.3 Å². The van der Waals surface area contributed by atoms with Gasteiger partial charge in [-0.2, -0.15) is 0 Å². The summed E-state index contributed by atoms with van der Waals surface area (Å²) in [6.45, 7) is 10.5. The van der Waals surface area contributed by atoms with Crippen LogP contribution in [0.15, 0.2) is 114 Å². The van der Waals surface area contributed by atoms with Crippen molar-refractivity contribution in [1.29, 1.82) is 0 Å². The van der Waals surface area contributed by atoms with Crippen molar-refractivity contribution >= 4 is 34.3 Å². The van der Waals surface area contributed by atoms with Gasteiger partial charge in [-0.05, 0) is 74.0 Å². The molecule has 8 rings (SSSR count). The van der Waals surface area contributed by atoms with E-state index < -0.39 is 0 Å². The fraction of sp³-hybridized carbons (Fsp3) is 0.122. The summed E-state index contributed by atoms with van der Waals surface area (Å²) in [5.41, 5.74) is 13.9. The molecule has 0 spiro atoms. The van der Waals surface area contributed by atoms with Crippen LogP contribution in [-0.2, 0) is 20.1 Å². The van der Waals surface area contributed by atoms with Crippen LogP contribution in [0.5, 0.6) is 11.5 Å². The van der Waals surface area contributed by atoms with Crippen molar-refractivity contribution in [3.8, 4) is 34.0 Å². The molecule has 0 saturated heterocycles. The van der Waals surface area contributed by atoms with Crippen LogP contribution in [0.4, 0.5) is 0 Å². The van der Waals surface area contributed by atoms with Gasteiger partial charge >= 0.3 is 0 Å². The molecule has 0 N–H and O–H groups in total. The van der Waals surface area contributed by atoms with Crippen molar-refractivity contribution in [3.63, 3.8) is 0 Å². The Labute approximate surface area is 290 Å². The fourth-order valence-electron chi connectivity index (χ4n) is 6.14. The standard InChI is InChI=1S/C28H21BNO2.C13H12N.Ir/c1-17-14-15-22(30-16-17)20-10-7-13-24-25(20)27-28(32-24)29(21-11-4-5-12-23(21)31-27)26-18(2)8-6-9-19(26)3;1-10-8-13(14-9-11(10)2)12-6-4-3-5-7-12;/h4-9,11-16H,1-3H3;3-6,8-9H,1-2H3;/q2*-1;. The van der Waals surface area contributed by atoms with E-state index in [0.29, 0.717) is 0 Å². The maximum Gasteiger partial charge on any atom is 0.296 e. The van der Waals surface area contributed by atoms with E-state index in [2.05, 4.69) is 92.3 Å². The van der Waals surface area contributed by atoms with Crippen LogP contribution >= 0.6 is 0 Å². The van der Waals surface area contributed by atoms with Crippen molar-refractivity contribution in [2.75, 3.05) is 0 Å². The zero-order valence-electron chi connectivity index (χ0n) is 27.0.